The second kappa shape index (κ2) is 8.01. The number of hydrogen-bond donors (Lipinski definition) is 2. The number of nitrogens with zero attached hydrogens (tertiary/aromatic N) is 1. The van der Waals surface area contributed by atoms with Gasteiger partial charge in [0.15, 0.2) is 6.54 Å². The van der Waals surface area contributed by atoms with Crippen molar-refractivity contribution in [3.63, 3.8) is 0 Å². The van der Waals surface area contributed by atoms with Gasteiger partial charge in [-0.2, -0.15) is 5.26 Å². The van der Waals surface area contributed by atoms with Gasteiger partial charge in [-0.25, -0.2) is 0 Å². The molecule has 0 saturated heterocycles. The van der Waals surface area contributed by atoms with Crippen LogP contribution in [0.1, 0.15) is 70.5 Å². The van der Waals surface area contributed by atoms with E-state index in [1.54, 1.807) is 0 Å². The molecule has 1 aromatic carbocycles. The summed E-state index contributed by atoms with van der Waals surface area (Å²) in [6.07, 6.45) is 2.07. The molecule has 0 unspecified atom stereocenters. The van der Waals surface area contributed by atoms with Crippen molar-refractivity contribution in [1.29, 1.82) is 5.26 Å². The van der Waals surface area contributed by atoms with Gasteiger partial charge < -0.3 is 10.6 Å². The number of carbonyl (C=O) groups is 1. The highest BCUT2D eigenvalue weighted by atomic mass is 16.2. The molecule has 1 fully saturated rings. The third-order valence-electron chi connectivity index (χ3n) is 5.29. The Labute approximate surface area is 152 Å². The Morgan fingerprint density at radius 1 is 1.24 bits per heavy atom. The number of hydrogen-bond acceptors (Lipinski definition) is 2. The molecule has 1 aromatic rings. The first-order valence-corrected chi connectivity index (χ1v) is 9.42. The van der Waals surface area contributed by atoms with Crippen molar-refractivity contribution in [2.24, 2.45) is 11.8 Å². The van der Waals surface area contributed by atoms with Gasteiger partial charge >= 0.3 is 0 Å². The monoisotopic (exact) mass is 342 g/mol. The average Bonchev–Trinajstić information content (AvgIpc) is 3.40. The molecule has 0 aromatic heterocycles. The van der Waals surface area contributed by atoms with Crippen LogP contribution in [0.25, 0.3) is 0 Å². The van der Waals surface area contributed by atoms with Crippen molar-refractivity contribution >= 4 is 5.91 Å². The van der Waals surface area contributed by atoms with Crippen LogP contribution in [-0.4, -0.2) is 18.0 Å². The van der Waals surface area contributed by atoms with Gasteiger partial charge in [-0.3, -0.25) is 4.79 Å². The zero-order valence-electron chi connectivity index (χ0n) is 16.2. The quantitative estimate of drug-likeness (QED) is 0.763. The molecule has 2 atom stereocenters. The molecule has 25 heavy (non-hydrogen) atoms. The molecule has 0 aliphatic heterocycles. The predicted molar refractivity (Wildman–Crippen MR) is 99.8 cm³/mol. The van der Waals surface area contributed by atoms with Gasteiger partial charge in [-0.15, -0.1) is 0 Å². The van der Waals surface area contributed by atoms with Crippen LogP contribution in [0.5, 0.6) is 0 Å². The van der Waals surface area contributed by atoms with Crippen LogP contribution in [0.15, 0.2) is 24.3 Å². The molecule has 136 valence electrons. The molecule has 0 radical (unpaired) electrons. The molecule has 1 amide bonds. The molecular formula is C21H32N3O+. The Hall–Kier alpha value is -1.86. The summed E-state index contributed by atoms with van der Waals surface area (Å²) in [6, 6.07) is 11.2. The Morgan fingerprint density at radius 3 is 2.24 bits per heavy atom. The lowest BCUT2D eigenvalue weighted by Gasteiger charge is -2.24. The number of nitriles is 1. The number of amides is 1. The van der Waals surface area contributed by atoms with Crippen LogP contribution in [-0.2, 0) is 4.79 Å². The molecule has 0 bridgehead atoms. The third-order valence-corrected chi connectivity index (χ3v) is 5.29. The van der Waals surface area contributed by atoms with E-state index in [1.807, 2.05) is 6.92 Å². The lowest BCUT2D eigenvalue weighted by molar-refractivity contribution is -0.692. The molecule has 0 spiro atoms. The van der Waals surface area contributed by atoms with Crippen molar-refractivity contribution in [2.75, 3.05) is 6.54 Å². The van der Waals surface area contributed by atoms with Crippen molar-refractivity contribution < 1.29 is 10.1 Å². The summed E-state index contributed by atoms with van der Waals surface area (Å²) in [5, 5.41) is 14.4. The van der Waals surface area contributed by atoms with Crippen molar-refractivity contribution in [3.8, 4) is 6.07 Å². The highest BCUT2D eigenvalue weighted by molar-refractivity contribution is 5.78. The summed E-state index contributed by atoms with van der Waals surface area (Å²) in [7, 11) is 0. The van der Waals surface area contributed by atoms with Crippen LogP contribution in [0, 0.1) is 23.2 Å². The van der Waals surface area contributed by atoms with Crippen molar-refractivity contribution in [1.82, 2.24) is 5.32 Å². The molecule has 1 aliphatic carbocycles. The highest BCUT2D eigenvalue weighted by Crippen LogP contribution is 2.39. The summed E-state index contributed by atoms with van der Waals surface area (Å²) in [5.41, 5.74) is 1.87. The molecule has 2 rings (SSSR count). The minimum Gasteiger partial charge on any atom is -0.333 e. The number of nitrogens with one attached hydrogen (secondary N) is 1. The van der Waals surface area contributed by atoms with E-state index >= 15 is 0 Å². The van der Waals surface area contributed by atoms with Crippen LogP contribution in [0.2, 0.25) is 0 Å². The fourth-order valence-corrected chi connectivity index (χ4v) is 3.35. The lowest BCUT2D eigenvalue weighted by atomic mass is 9.93. The molecule has 1 saturated carbocycles. The first-order chi connectivity index (χ1) is 11.8. The smallest absolute Gasteiger partial charge is 0.276 e. The van der Waals surface area contributed by atoms with Crippen molar-refractivity contribution in [2.45, 2.75) is 65.0 Å². The first kappa shape index (κ1) is 19.5. The van der Waals surface area contributed by atoms with E-state index in [1.165, 1.54) is 11.1 Å². The largest absolute Gasteiger partial charge is 0.333 e. The van der Waals surface area contributed by atoms with E-state index in [2.05, 4.69) is 68.7 Å². The lowest BCUT2D eigenvalue weighted by Crippen LogP contribution is -2.88. The topological polar surface area (TPSA) is 69.5 Å². The maximum Gasteiger partial charge on any atom is 0.276 e. The predicted octanol–water partition coefficient (Wildman–Crippen LogP) is 2.88. The van der Waals surface area contributed by atoms with E-state index in [-0.39, 0.29) is 11.9 Å². The molecule has 4 heteroatoms. The van der Waals surface area contributed by atoms with Crippen LogP contribution >= 0.6 is 0 Å². The Balaban J connectivity index is 1.97. The van der Waals surface area contributed by atoms with Gasteiger partial charge in [-0.1, -0.05) is 52.0 Å². The minimum absolute atomic E-state index is 0.0552. The fraction of sp³-hybridized carbons (Fsp3) is 0.619. The fourth-order valence-electron chi connectivity index (χ4n) is 3.35. The van der Waals surface area contributed by atoms with Crippen molar-refractivity contribution in [3.05, 3.63) is 35.4 Å². The Morgan fingerprint density at radius 2 is 1.80 bits per heavy atom. The summed E-state index contributed by atoms with van der Waals surface area (Å²) in [5.74, 6) is 1.20. The second-order valence-corrected chi connectivity index (χ2v) is 8.17. The SMILES string of the molecule is CC(C)c1ccc([C@@H]([NH2+]CC(=O)N[C@](C)(C#N)C2CC2)C(C)C)cc1. The number of quaternary nitrogens is 1. The number of carbonyl (C=O) groups excluding carboxylic acids is 1. The van der Waals surface area contributed by atoms with E-state index in [0.717, 1.165) is 12.8 Å². The van der Waals surface area contributed by atoms with Gasteiger partial charge in [0.2, 0.25) is 0 Å². The van der Waals surface area contributed by atoms with Gasteiger partial charge in [-0.05, 0) is 37.2 Å². The summed E-state index contributed by atoms with van der Waals surface area (Å²) < 4.78 is 0. The third kappa shape index (κ3) is 5.06. The van der Waals surface area contributed by atoms with Gasteiger partial charge in [0.25, 0.3) is 5.91 Å². The van der Waals surface area contributed by atoms with E-state index in [9.17, 15) is 10.1 Å². The number of nitrogens with two attached hydrogens (primary N) is 1. The van der Waals surface area contributed by atoms with Crippen LogP contribution in [0.4, 0.5) is 0 Å². The van der Waals surface area contributed by atoms with Crippen LogP contribution in [0.3, 0.4) is 0 Å². The molecule has 1 aliphatic rings. The maximum absolute atomic E-state index is 12.4. The standard InChI is InChI=1S/C21H31N3O/c1-14(2)16-6-8-17(9-7-16)20(15(3)4)23-12-19(25)24-21(5,13-22)18-10-11-18/h6-9,14-15,18,20,23H,10-12H2,1-5H3,(H,24,25)/p+1/t20-,21+/m0/s1. The molecule has 4 nitrogen and oxygen atoms in total. The number of rotatable bonds is 8. The normalized spacial score (nSPS) is 17.8. The van der Waals surface area contributed by atoms with Gasteiger partial charge in [0.1, 0.15) is 11.6 Å². The summed E-state index contributed by atoms with van der Waals surface area (Å²) >= 11 is 0. The van der Waals surface area contributed by atoms with Gasteiger partial charge in [0.05, 0.1) is 6.07 Å². The minimum atomic E-state index is -0.711. The zero-order valence-corrected chi connectivity index (χ0v) is 16.2. The molecule has 3 N–H and O–H groups in total. The Bertz CT molecular complexity index is 626. The van der Waals surface area contributed by atoms with E-state index in [0.29, 0.717) is 24.3 Å². The second-order valence-electron chi connectivity index (χ2n) is 8.17. The van der Waals surface area contributed by atoms with E-state index in [4.69, 9.17) is 0 Å². The highest BCUT2D eigenvalue weighted by Gasteiger charge is 2.43. The van der Waals surface area contributed by atoms with Crippen LogP contribution < -0.4 is 10.6 Å². The maximum atomic E-state index is 12.4. The number of benzene rings is 1. The Kier molecular flexibility index (Phi) is 6.24. The molecule has 0 heterocycles. The molecular weight excluding hydrogens is 310 g/mol. The zero-order chi connectivity index (χ0) is 18.6. The summed E-state index contributed by atoms with van der Waals surface area (Å²) in [4.78, 5) is 12.4. The average molecular weight is 343 g/mol. The van der Waals surface area contributed by atoms with E-state index < -0.39 is 5.54 Å². The first-order valence-electron chi connectivity index (χ1n) is 9.42. The summed E-state index contributed by atoms with van der Waals surface area (Å²) in [6.45, 7) is 10.9. The van der Waals surface area contributed by atoms with Gasteiger partial charge in [0, 0.05) is 11.5 Å².